The molecule has 1 aromatic heterocycles. The monoisotopic (exact) mass is 458 g/mol. The first-order valence-electron chi connectivity index (χ1n) is 11.5. The molecule has 1 aliphatic heterocycles. The highest BCUT2D eigenvalue weighted by molar-refractivity contribution is 7.10. The lowest BCUT2D eigenvalue weighted by Crippen LogP contribution is -2.48. The van der Waals surface area contributed by atoms with Crippen molar-refractivity contribution >= 4 is 23.2 Å². The van der Waals surface area contributed by atoms with Crippen LogP contribution in [-0.2, 0) is 16.0 Å². The molecular weight excluding hydrogens is 427 g/mol. The highest BCUT2D eigenvalue weighted by Gasteiger charge is 2.37. The highest BCUT2D eigenvalue weighted by atomic mass is 32.1. The van der Waals surface area contributed by atoms with E-state index in [1.54, 1.807) is 28.4 Å². The molecule has 0 radical (unpaired) electrons. The minimum absolute atomic E-state index is 0.0353. The molecule has 1 aliphatic carbocycles. The van der Waals surface area contributed by atoms with E-state index in [1.165, 1.54) is 17.0 Å². The fourth-order valence-corrected chi connectivity index (χ4v) is 5.09. The van der Waals surface area contributed by atoms with E-state index in [2.05, 4.69) is 25.3 Å². The molecule has 0 bridgehead atoms. The summed E-state index contributed by atoms with van der Waals surface area (Å²) >= 11 is 1.70. The zero-order chi connectivity index (χ0) is 22.7. The van der Waals surface area contributed by atoms with Crippen LogP contribution in [0.25, 0.3) is 0 Å². The van der Waals surface area contributed by atoms with Crippen molar-refractivity contribution in [2.24, 2.45) is 11.8 Å². The largest absolute Gasteiger partial charge is 0.491 e. The summed E-state index contributed by atoms with van der Waals surface area (Å²) in [5.41, 5.74) is 1.11. The van der Waals surface area contributed by atoms with Gasteiger partial charge in [0, 0.05) is 23.9 Å². The lowest BCUT2D eigenvalue weighted by molar-refractivity contribution is -0.143. The summed E-state index contributed by atoms with van der Waals surface area (Å²) in [5, 5.41) is 2.05. The van der Waals surface area contributed by atoms with Crippen molar-refractivity contribution in [1.29, 1.82) is 0 Å². The highest BCUT2D eigenvalue weighted by Crippen LogP contribution is 2.35. The molecule has 0 N–H and O–H groups in total. The molecule has 2 atom stereocenters. The van der Waals surface area contributed by atoms with Crippen LogP contribution in [0.1, 0.15) is 49.6 Å². The van der Waals surface area contributed by atoms with E-state index in [9.17, 15) is 14.0 Å². The summed E-state index contributed by atoms with van der Waals surface area (Å²) in [4.78, 5) is 31.2. The predicted molar refractivity (Wildman–Crippen MR) is 123 cm³/mol. The third-order valence-electron chi connectivity index (χ3n) is 6.43. The van der Waals surface area contributed by atoms with Crippen LogP contribution in [0.4, 0.5) is 4.39 Å². The Morgan fingerprint density at radius 1 is 1.25 bits per heavy atom. The summed E-state index contributed by atoms with van der Waals surface area (Å²) < 4.78 is 19.2. The standard InChI is InChI=1S/C25H31FN2O3S/c1-3-17(2)14-27(25(30)18-4-5-18)15-24(29)28-12-10-23-21(11-13-32-23)22(28)16-31-20-8-6-19(26)7-9-20/h6-9,11,13,17-18,22H,3-5,10,12,14-16H2,1-2H3/t17-,22-/m1/s1. The van der Waals surface area contributed by atoms with Crippen LogP contribution in [0.2, 0.25) is 0 Å². The van der Waals surface area contributed by atoms with Gasteiger partial charge in [0.25, 0.3) is 0 Å². The first-order chi connectivity index (χ1) is 15.5. The predicted octanol–water partition coefficient (Wildman–Crippen LogP) is 4.68. The Morgan fingerprint density at radius 2 is 2.00 bits per heavy atom. The van der Waals surface area contributed by atoms with Gasteiger partial charge in [-0.25, -0.2) is 4.39 Å². The SMILES string of the molecule is CC[C@@H](C)CN(CC(=O)N1CCc2sccc2[C@H]1COc1ccc(F)cc1)C(=O)C1CC1. The number of ether oxygens (including phenoxy) is 1. The van der Waals surface area contributed by atoms with Gasteiger partial charge >= 0.3 is 0 Å². The Morgan fingerprint density at radius 3 is 2.69 bits per heavy atom. The molecule has 4 rings (SSSR count). The summed E-state index contributed by atoms with van der Waals surface area (Å²) in [7, 11) is 0. The molecule has 2 amide bonds. The number of thiophene rings is 1. The summed E-state index contributed by atoms with van der Waals surface area (Å²) in [5.74, 6) is 0.789. The van der Waals surface area contributed by atoms with Crippen LogP contribution in [0.15, 0.2) is 35.7 Å². The van der Waals surface area contributed by atoms with Gasteiger partial charge in [0.15, 0.2) is 0 Å². The first kappa shape index (κ1) is 22.8. The minimum Gasteiger partial charge on any atom is -0.491 e. The maximum Gasteiger partial charge on any atom is 0.242 e. The summed E-state index contributed by atoms with van der Waals surface area (Å²) in [6, 6.07) is 7.77. The van der Waals surface area contributed by atoms with Crippen LogP contribution in [0.3, 0.4) is 0 Å². The van der Waals surface area contributed by atoms with Gasteiger partial charge in [-0.05, 0) is 66.5 Å². The van der Waals surface area contributed by atoms with Gasteiger partial charge < -0.3 is 14.5 Å². The van der Waals surface area contributed by atoms with Crippen molar-refractivity contribution < 1.29 is 18.7 Å². The number of nitrogens with zero attached hydrogens (tertiary/aromatic N) is 2. The average molecular weight is 459 g/mol. The van der Waals surface area contributed by atoms with Crippen molar-refractivity contribution in [3.8, 4) is 5.75 Å². The van der Waals surface area contributed by atoms with E-state index in [4.69, 9.17) is 4.74 Å². The number of carbonyl (C=O) groups is 2. The molecule has 1 fully saturated rings. The number of fused-ring (bicyclic) bond motifs is 1. The van der Waals surface area contributed by atoms with E-state index in [-0.39, 0.29) is 36.1 Å². The zero-order valence-electron chi connectivity index (χ0n) is 18.8. The van der Waals surface area contributed by atoms with Gasteiger partial charge in [0.2, 0.25) is 11.8 Å². The lowest BCUT2D eigenvalue weighted by Gasteiger charge is -2.37. The fourth-order valence-electron chi connectivity index (χ4n) is 4.16. The third-order valence-corrected chi connectivity index (χ3v) is 7.43. The van der Waals surface area contributed by atoms with E-state index in [0.29, 0.717) is 31.4 Å². The van der Waals surface area contributed by atoms with Gasteiger partial charge in [-0.1, -0.05) is 20.3 Å². The minimum atomic E-state index is -0.311. The van der Waals surface area contributed by atoms with Crippen molar-refractivity contribution in [2.75, 3.05) is 26.2 Å². The zero-order valence-corrected chi connectivity index (χ0v) is 19.6. The first-order valence-corrected chi connectivity index (χ1v) is 12.4. The Bertz CT molecular complexity index is 941. The molecule has 7 heteroatoms. The Kier molecular flexibility index (Phi) is 7.13. The number of hydrogen-bond donors (Lipinski definition) is 0. The number of amides is 2. The van der Waals surface area contributed by atoms with Gasteiger partial charge in [0.05, 0.1) is 12.6 Å². The van der Waals surface area contributed by atoms with Crippen LogP contribution >= 0.6 is 11.3 Å². The van der Waals surface area contributed by atoms with E-state index in [0.717, 1.165) is 31.2 Å². The van der Waals surface area contributed by atoms with Gasteiger partial charge in [-0.15, -0.1) is 11.3 Å². The second-order valence-corrected chi connectivity index (χ2v) is 9.92. The molecule has 2 aliphatic rings. The second kappa shape index (κ2) is 10.0. The van der Waals surface area contributed by atoms with Gasteiger partial charge in [-0.3, -0.25) is 9.59 Å². The van der Waals surface area contributed by atoms with Crippen molar-refractivity contribution in [3.63, 3.8) is 0 Å². The lowest BCUT2D eigenvalue weighted by atomic mass is 10.00. The molecule has 0 spiro atoms. The van der Waals surface area contributed by atoms with Crippen LogP contribution in [0.5, 0.6) is 5.75 Å². The second-order valence-electron chi connectivity index (χ2n) is 8.92. The van der Waals surface area contributed by atoms with Crippen LogP contribution in [-0.4, -0.2) is 47.9 Å². The number of rotatable bonds is 9. The molecule has 172 valence electrons. The van der Waals surface area contributed by atoms with Gasteiger partial charge in [0.1, 0.15) is 18.2 Å². The molecule has 0 unspecified atom stereocenters. The third kappa shape index (κ3) is 5.31. The molecule has 5 nitrogen and oxygen atoms in total. The van der Waals surface area contributed by atoms with Crippen molar-refractivity contribution in [3.05, 3.63) is 52.0 Å². The fraction of sp³-hybridized carbons (Fsp3) is 0.520. The summed E-state index contributed by atoms with van der Waals surface area (Å²) in [6.45, 7) is 5.87. The maximum atomic E-state index is 13.5. The number of halogens is 1. The van der Waals surface area contributed by atoms with Gasteiger partial charge in [-0.2, -0.15) is 0 Å². The molecular formula is C25H31FN2O3S. The van der Waals surface area contributed by atoms with E-state index >= 15 is 0 Å². The molecule has 1 saturated carbocycles. The molecule has 2 aromatic rings. The Hall–Kier alpha value is -2.41. The van der Waals surface area contributed by atoms with Crippen molar-refractivity contribution in [1.82, 2.24) is 9.80 Å². The quantitative estimate of drug-likeness (QED) is 0.548. The molecule has 1 aromatic carbocycles. The average Bonchev–Trinajstić information content (AvgIpc) is 3.53. The number of carbonyl (C=O) groups excluding carboxylic acids is 2. The molecule has 32 heavy (non-hydrogen) atoms. The number of benzene rings is 1. The summed E-state index contributed by atoms with van der Waals surface area (Å²) in [6.07, 6.45) is 3.65. The van der Waals surface area contributed by atoms with Crippen LogP contribution in [0, 0.1) is 17.7 Å². The number of hydrogen-bond acceptors (Lipinski definition) is 4. The smallest absolute Gasteiger partial charge is 0.242 e. The Balaban J connectivity index is 1.49. The maximum absolute atomic E-state index is 13.5. The normalized spacial score (nSPS) is 18.7. The molecule has 0 saturated heterocycles. The van der Waals surface area contributed by atoms with E-state index in [1.807, 2.05) is 4.90 Å². The molecule has 2 heterocycles. The Labute approximate surface area is 193 Å². The topological polar surface area (TPSA) is 49.9 Å². The van der Waals surface area contributed by atoms with Crippen LogP contribution < -0.4 is 4.74 Å². The van der Waals surface area contributed by atoms with E-state index < -0.39 is 0 Å². The van der Waals surface area contributed by atoms with Crippen molar-refractivity contribution in [2.45, 2.75) is 45.6 Å².